The molecule has 1 atom stereocenters. The number of benzene rings is 2. The van der Waals surface area contributed by atoms with E-state index in [1.54, 1.807) is 7.28 Å². The summed E-state index contributed by atoms with van der Waals surface area (Å²) in [6, 6.07) is 12.7. The van der Waals surface area contributed by atoms with E-state index < -0.39 is 0 Å². The first-order valence-electron chi connectivity index (χ1n) is 10.8. The second-order valence-corrected chi connectivity index (χ2v) is 9.27. The molecule has 0 amide bonds. The van der Waals surface area contributed by atoms with Crippen LogP contribution in [0.15, 0.2) is 73.0 Å². The molecule has 32 heavy (non-hydrogen) atoms. The minimum atomic E-state index is -0.0375. The maximum atomic E-state index is 12.7. The number of carbonyl (C=O) groups excluding carboxylic acids is 1. The van der Waals surface area contributed by atoms with E-state index in [4.69, 9.17) is 0 Å². The van der Waals surface area contributed by atoms with Gasteiger partial charge in [0.05, 0.1) is 5.52 Å². The summed E-state index contributed by atoms with van der Waals surface area (Å²) in [4.78, 5) is 17.1. The Morgan fingerprint density at radius 2 is 1.88 bits per heavy atom. The number of carbonyl (C=O) groups is 1. The molecule has 3 rings (SSSR count). The lowest BCUT2D eigenvalue weighted by molar-refractivity contribution is -0.108. The van der Waals surface area contributed by atoms with E-state index in [1.807, 2.05) is 39.1 Å². The fraction of sp³-hybridized carbons (Fsp3) is 0.214. The zero-order valence-electron chi connectivity index (χ0n) is 19.5. The fourth-order valence-electron chi connectivity index (χ4n) is 3.89. The van der Waals surface area contributed by atoms with Crippen LogP contribution >= 0.6 is 9.24 Å². The minimum Gasteiger partial charge on any atom is -0.307 e. The largest absolute Gasteiger partial charge is 0.307 e. The Kier molecular flexibility index (Phi) is 7.64. The van der Waals surface area contributed by atoms with Gasteiger partial charge in [-0.15, -0.1) is 9.24 Å². The summed E-state index contributed by atoms with van der Waals surface area (Å²) < 4.78 is 0. The smallest absolute Gasteiger partial charge is 0.213 e. The summed E-state index contributed by atoms with van der Waals surface area (Å²) in [6.45, 7) is 16.2. The Labute approximate surface area is 195 Å². The van der Waals surface area contributed by atoms with Crippen molar-refractivity contribution < 1.29 is 4.79 Å². The van der Waals surface area contributed by atoms with Crippen molar-refractivity contribution in [2.75, 3.05) is 0 Å². The Bertz CT molecular complexity index is 1260. The van der Waals surface area contributed by atoms with Gasteiger partial charge in [-0.05, 0) is 97.3 Å². The second-order valence-electron chi connectivity index (χ2n) is 8.65. The van der Waals surface area contributed by atoms with Crippen LogP contribution in [-0.2, 0) is 17.5 Å². The van der Waals surface area contributed by atoms with Gasteiger partial charge in [0.25, 0.3) is 0 Å². The van der Waals surface area contributed by atoms with Crippen molar-refractivity contribution in [1.29, 1.82) is 0 Å². The van der Waals surface area contributed by atoms with E-state index in [0.29, 0.717) is 11.9 Å². The number of allylic oxidation sites excluding steroid dienone is 4. The summed E-state index contributed by atoms with van der Waals surface area (Å²) in [6.07, 6.45) is 5.12. The monoisotopic (exact) mass is 438 g/mol. The number of aryl methyl sites for hydroxylation is 2. The zero-order valence-corrected chi connectivity index (χ0v) is 20.6. The predicted octanol–water partition coefficient (Wildman–Crippen LogP) is 5.86. The van der Waals surface area contributed by atoms with Crippen LogP contribution < -0.4 is 5.30 Å². The zero-order chi connectivity index (χ0) is 23.4. The molecule has 0 saturated carbocycles. The van der Waals surface area contributed by atoms with E-state index in [1.165, 1.54) is 11.1 Å². The van der Waals surface area contributed by atoms with Gasteiger partial charge >= 0.3 is 0 Å². The van der Waals surface area contributed by atoms with Gasteiger partial charge < -0.3 is 4.79 Å². The number of rotatable bonds is 8. The molecule has 1 unspecified atom stereocenters. The molecule has 2 nitrogen and oxygen atoms in total. The molecule has 0 aliphatic heterocycles. The third-order valence-electron chi connectivity index (χ3n) is 5.56. The Morgan fingerprint density at radius 1 is 1.12 bits per heavy atom. The van der Waals surface area contributed by atoms with Gasteiger partial charge in [-0.2, -0.15) is 0 Å². The molecular weight excluding hydrogens is 408 g/mol. The highest BCUT2D eigenvalue weighted by molar-refractivity contribution is 7.27. The molecule has 4 heteroatoms. The number of nitrogens with zero attached hydrogens (tertiary/aromatic N) is 1. The highest BCUT2D eigenvalue weighted by Gasteiger charge is 2.12. The van der Waals surface area contributed by atoms with Gasteiger partial charge in [0.2, 0.25) is 7.28 Å². The van der Waals surface area contributed by atoms with Crippen molar-refractivity contribution in [3.8, 4) is 0 Å². The van der Waals surface area contributed by atoms with Crippen molar-refractivity contribution in [2.45, 2.75) is 40.4 Å². The summed E-state index contributed by atoms with van der Waals surface area (Å²) in [5.41, 5.74) is 9.39. The molecule has 2 aromatic carbocycles. The molecular formula is C28H30BNOP. The van der Waals surface area contributed by atoms with Crippen molar-refractivity contribution in [1.82, 2.24) is 4.98 Å². The van der Waals surface area contributed by atoms with E-state index in [0.717, 1.165) is 50.5 Å². The first kappa shape index (κ1) is 23.9. The molecule has 3 aromatic rings. The topological polar surface area (TPSA) is 30.0 Å². The molecule has 1 aromatic heterocycles. The Morgan fingerprint density at radius 3 is 2.59 bits per heavy atom. The van der Waals surface area contributed by atoms with Crippen LogP contribution in [0.3, 0.4) is 0 Å². The normalized spacial score (nSPS) is 11.5. The van der Waals surface area contributed by atoms with Crippen molar-refractivity contribution in [3.05, 3.63) is 101 Å². The van der Waals surface area contributed by atoms with Gasteiger partial charge in [0.1, 0.15) is 5.68 Å². The highest BCUT2D eigenvalue weighted by atomic mass is 31.0. The average molecular weight is 438 g/mol. The van der Waals surface area contributed by atoms with Gasteiger partial charge in [-0.3, -0.25) is 4.98 Å². The van der Waals surface area contributed by atoms with Crippen molar-refractivity contribution in [2.24, 2.45) is 0 Å². The molecule has 0 aliphatic carbocycles. The number of hydrogen-bond donors (Lipinski definition) is 0. The van der Waals surface area contributed by atoms with Crippen LogP contribution in [0.2, 0.25) is 0 Å². The van der Waals surface area contributed by atoms with Crippen LogP contribution in [-0.4, -0.2) is 17.9 Å². The minimum absolute atomic E-state index is 0.0375. The number of hydrogen-bond acceptors (Lipinski definition) is 2. The maximum Gasteiger partial charge on any atom is 0.213 e. The van der Waals surface area contributed by atoms with Crippen LogP contribution in [0.5, 0.6) is 0 Å². The standard InChI is InChI=1S/C28H30BNOP/c1-17(2)25-14-24(27(32)12-20(25)5)15-29-28(31)21(6)9-18(3)10-22-7-8-26-23(13-22)11-19(4)16-30-26/h7-9,11-14,16H,1,6,10,15,32H2,2-5H3/b18-9+. The predicted molar refractivity (Wildman–Crippen MR) is 143 cm³/mol. The highest BCUT2D eigenvalue weighted by Crippen LogP contribution is 2.20. The molecule has 0 aliphatic rings. The summed E-state index contributed by atoms with van der Waals surface area (Å²) >= 11 is 0. The molecule has 161 valence electrons. The van der Waals surface area contributed by atoms with Crippen molar-refractivity contribution in [3.63, 3.8) is 0 Å². The van der Waals surface area contributed by atoms with Gasteiger partial charge in [0.15, 0.2) is 0 Å². The van der Waals surface area contributed by atoms with Gasteiger partial charge in [-0.25, -0.2) is 0 Å². The Balaban J connectivity index is 1.65. The average Bonchev–Trinajstić information content (AvgIpc) is 2.72. The van der Waals surface area contributed by atoms with Gasteiger partial charge in [-0.1, -0.05) is 48.6 Å². The third-order valence-corrected chi connectivity index (χ3v) is 6.09. The number of aromatic nitrogens is 1. The molecule has 0 spiro atoms. The quantitative estimate of drug-likeness (QED) is 0.191. The maximum absolute atomic E-state index is 12.7. The molecule has 0 fully saturated rings. The van der Waals surface area contributed by atoms with E-state index >= 15 is 0 Å². The van der Waals surface area contributed by atoms with Crippen LogP contribution in [0.25, 0.3) is 16.5 Å². The number of pyridine rings is 1. The molecule has 0 bridgehead atoms. The van der Waals surface area contributed by atoms with Gasteiger partial charge in [0, 0.05) is 11.6 Å². The van der Waals surface area contributed by atoms with Crippen LogP contribution in [0, 0.1) is 13.8 Å². The van der Waals surface area contributed by atoms with E-state index in [9.17, 15) is 4.79 Å². The molecule has 0 N–H and O–H groups in total. The summed E-state index contributed by atoms with van der Waals surface area (Å²) in [5, 5.41) is 2.24. The SMILES string of the molecule is C=C(/C=C(\C)Cc1ccc2ncc(C)cc2c1)C(=O)[B]Cc1cc(C(=C)C)c(C)cc1P. The molecule has 0 saturated heterocycles. The summed E-state index contributed by atoms with van der Waals surface area (Å²) in [5.74, 6) is 0. The van der Waals surface area contributed by atoms with Crippen molar-refractivity contribution >= 4 is 44.0 Å². The van der Waals surface area contributed by atoms with Crippen LogP contribution in [0.4, 0.5) is 0 Å². The van der Waals surface area contributed by atoms with E-state index in [2.05, 4.69) is 64.6 Å². The first-order chi connectivity index (χ1) is 15.1. The third kappa shape index (κ3) is 5.93. The lowest BCUT2D eigenvalue weighted by atomic mass is 9.65. The Hall–Kier alpha value is -2.77. The molecule has 1 radical (unpaired) electrons. The number of fused-ring (bicyclic) bond motifs is 1. The van der Waals surface area contributed by atoms with Crippen LogP contribution in [0.1, 0.15) is 41.7 Å². The lowest BCUT2D eigenvalue weighted by Crippen LogP contribution is -2.17. The summed E-state index contributed by atoms with van der Waals surface area (Å²) in [7, 11) is 4.49. The fourth-order valence-corrected chi connectivity index (χ4v) is 4.34. The lowest BCUT2D eigenvalue weighted by Gasteiger charge is -2.12. The first-order valence-corrected chi connectivity index (χ1v) is 11.4. The molecule has 1 heterocycles. The second kappa shape index (κ2) is 10.2. The van der Waals surface area contributed by atoms with E-state index in [-0.39, 0.29) is 5.68 Å².